The van der Waals surface area contributed by atoms with Crippen LogP contribution in [0.5, 0.6) is 0 Å². The minimum absolute atomic E-state index is 0.469. The first-order chi connectivity index (χ1) is 8.11. The van der Waals surface area contributed by atoms with Crippen molar-refractivity contribution >= 4 is 16.5 Å². The van der Waals surface area contributed by atoms with Gasteiger partial charge in [0, 0.05) is 18.5 Å². The van der Waals surface area contributed by atoms with Gasteiger partial charge >= 0.3 is 0 Å². The molecule has 1 N–H and O–H groups in total. The van der Waals surface area contributed by atoms with Crippen LogP contribution in [-0.4, -0.2) is 25.6 Å². The Morgan fingerprint density at radius 2 is 2.29 bits per heavy atom. The van der Waals surface area contributed by atoms with Crippen LogP contribution in [0.15, 0.2) is 0 Å². The molecule has 1 aromatic rings. The highest BCUT2D eigenvalue weighted by atomic mass is 32.1. The second-order valence-electron chi connectivity index (χ2n) is 5.31. The van der Waals surface area contributed by atoms with Gasteiger partial charge in [0.05, 0.1) is 11.7 Å². The van der Waals surface area contributed by atoms with Crippen molar-refractivity contribution in [1.82, 2.24) is 10.3 Å². The van der Waals surface area contributed by atoms with Crippen LogP contribution in [0.3, 0.4) is 0 Å². The Balaban J connectivity index is 2.18. The Labute approximate surface area is 108 Å². The molecule has 0 aromatic carbocycles. The van der Waals surface area contributed by atoms with E-state index in [2.05, 4.69) is 31.1 Å². The minimum Gasteiger partial charge on any atom is -0.351 e. The largest absolute Gasteiger partial charge is 0.351 e. The zero-order valence-electron chi connectivity index (χ0n) is 11.3. The van der Waals surface area contributed by atoms with Crippen LogP contribution >= 0.6 is 11.3 Å². The van der Waals surface area contributed by atoms with Crippen LogP contribution in [0, 0.1) is 5.92 Å². The number of aryl methyl sites for hydroxylation is 1. The molecule has 1 aliphatic rings. The van der Waals surface area contributed by atoms with E-state index >= 15 is 0 Å². The molecule has 2 rings (SSSR count). The van der Waals surface area contributed by atoms with E-state index in [4.69, 9.17) is 4.98 Å². The molecule has 0 spiro atoms. The average Bonchev–Trinajstić information content (AvgIpc) is 2.71. The summed E-state index contributed by atoms with van der Waals surface area (Å²) in [5.74, 6) is 0.682. The lowest BCUT2D eigenvalue weighted by Crippen LogP contribution is -2.23. The Kier molecular flexibility index (Phi) is 4.05. The van der Waals surface area contributed by atoms with Crippen molar-refractivity contribution in [3.8, 4) is 0 Å². The fraction of sp³-hybridized carbons (Fsp3) is 0.769. The molecular formula is C13H23N3S. The molecule has 0 aliphatic heterocycles. The van der Waals surface area contributed by atoms with E-state index in [9.17, 15) is 0 Å². The topological polar surface area (TPSA) is 28.2 Å². The Morgan fingerprint density at radius 1 is 1.53 bits per heavy atom. The van der Waals surface area contributed by atoms with Gasteiger partial charge in [0.15, 0.2) is 5.13 Å². The van der Waals surface area contributed by atoms with Crippen LogP contribution < -0.4 is 10.2 Å². The summed E-state index contributed by atoms with van der Waals surface area (Å²) in [5, 5.41) is 4.56. The first-order valence-corrected chi connectivity index (χ1v) is 7.31. The van der Waals surface area contributed by atoms with Crippen molar-refractivity contribution in [3.05, 3.63) is 10.6 Å². The zero-order valence-corrected chi connectivity index (χ0v) is 12.1. The number of nitrogens with one attached hydrogen (secondary N) is 1. The van der Waals surface area contributed by atoms with Crippen molar-refractivity contribution in [3.63, 3.8) is 0 Å². The predicted molar refractivity (Wildman–Crippen MR) is 75.0 cm³/mol. The predicted octanol–water partition coefficient (Wildman–Crippen LogP) is 2.83. The molecule has 3 nitrogen and oxygen atoms in total. The SMILES string of the molecule is CNC1CCCc2sc(N(C)CC(C)C)nc21. The van der Waals surface area contributed by atoms with Gasteiger partial charge in [-0.3, -0.25) is 0 Å². The highest BCUT2D eigenvalue weighted by Crippen LogP contribution is 2.36. The monoisotopic (exact) mass is 253 g/mol. The second kappa shape index (κ2) is 5.36. The van der Waals surface area contributed by atoms with Gasteiger partial charge < -0.3 is 10.2 Å². The summed E-state index contributed by atoms with van der Waals surface area (Å²) in [7, 11) is 4.19. The molecule has 0 bridgehead atoms. The standard InChI is InChI=1S/C13H23N3S/c1-9(2)8-16(4)13-15-12-10(14-3)6-5-7-11(12)17-13/h9-10,14H,5-8H2,1-4H3. The van der Waals surface area contributed by atoms with E-state index in [1.807, 2.05) is 18.4 Å². The third kappa shape index (κ3) is 2.80. The molecule has 96 valence electrons. The van der Waals surface area contributed by atoms with E-state index in [-0.39, 0.29) is 0 Å². The van der Waals surface area contributed by atoms with E-state index in [1.165, 1.54) is 35.0 Å². The van der Waals surface area contributed by atoms with Crippen molar-refractivity contribution in [1.29, 1.82) is 0 Å². The second-order valence-corrected chi connectivity index (χ2v) is 6.37. The van der Waals surface area contributed by atoms with Crippen molar-refractivity contribution in [2.24, 2.45) is 5.92 Å². The summed E-state index contributed by atoms with van der Waals surface area (Å²) in [6.45, 7) is 5.58. The van der Waals surface area contributed by atoms with Crippen LogP contribution in [0.1, 0.15) is 43.3 Å². The lowest BCUT2D eigenvalue weighted by Gasteiger charge is -2.20. The fourth-order valence-corrected chi connectivity index (χ4v) is 3.61. The number of aromatic nitrogens is 1. The normalized spacial score (nSPS) is 19.5. The molecule has 1 aromatic heterocycles. The number of thiazole rings is 1. The summed E-state index contributed by atoms with van der Waals surface area (Å²) in [6, 6.07) is 0.469. The third-order valence-electron chi connectivity index (χ3n) is 3.26. The van der Waals surface area contributed by atoms with Crippen LogP contribution in [-0.2, 0) is 6.42 Å². The van der Waals surface area contributed by atoms with E-state index in [1.54, 1.807) is 0 Å². The number of hydrogen-bond acceptors (Lipinski definition) is 4. The molecule has 0 fully saturated rings. The third-order valence-corrected chi connectivity index (χ3v) is 4.50. The number of hydrogen-bond donors (Lipinski definition) is 1. The van der Waals surface area contributed by atoms with Crippen LogP contribution in [0.4, 0.5) is 5.13 Å². The Hall–Kier alpha value is -0.610. The molecule has 1 heterocycles. The van der Waals surface area contributed by atoms with Gasteiger partial charge in [0.25, 0.3) is 0 Å². The maximum atomic E-state index is 4.84. The lowest BCUT2D eigenvalue weighted by atomic mass is 9.98. The van der Waals surface area contributed by atoms with Gasteiger partial charge in [0.2, 0.25) is 0 Å². The van der Waals surface area contributed by atoms with Gasteiger partial charge in [-0.05, 0) is 32.2 Å². The number of fused-ring (bicyclic) bond motifs is 1. The molecule has 0 radical (unpaired) electrons. The van der Waals surface area contributed by atoms with E-state index in [0.29, 0.717) is 12.0 Å². The number of anilines is 1. The Morgan fingerprint density at radius 3 is 2.94 bits per heavy atom. The van der Waals surface area contributed by atoms with Gasteiger partial charge in [-0.25, -0.2) is 4.98 Å². The maximum Gasteiger partial charge on any atom is 0.185 e. The molecule has 0 saturated heterocycles. The number of rotatable bonds is 4. The Bertz CT molecular complexity index is 373. The van der Waals surface area contributed by atoms with Crippen molar-refractivity contribution in [2.45, 2.75) is 39.2 Å². The lowest BCUT2D eigenvalue weighted by molar-refractivity contribution is 0.489. The highest BCUT2D eigenvalue weighted by Gasteiger charge is 2.24. The first kappa shape index (κ1) is 12.8. The average molecular weight is 253 g/mol. The molecule has 1 aliphatic carbocycles. The summed E-state index contributed by atoms with van der Waals surface area (Å²) in [5.41, 5.74) is 1.30. The van der Waals surface area contributed by atoms with Crippen molar-refractivity contribution < 1.29 is 0 Å². The van der Waals surface area contributed by atoms with E-state index in [0.717, 1.165) is 6.54 Å². The van der Waals surface area contributed by atoms with Crippen molar-refractivity contribution in [2.75, 3.05) is 25.5 Å². The molecule has 17 heavy (non-hydrogen) atoms. The molecule has 4 heteroatoms. The fourth-order valence-electron chi connectivity index (χ4n) is 2.48. The first-order valence-electron chi connectivity index (χ1n) is 6.49. The van der Waals surface area contributed by atoms with Gasteiger partial charge in [0.1, 0.15) is 0 Å². The summed E-state index contributed by atoms with van der Waals surface area (Å²) < 4.78 is 0. The molecule has 0 saturated carbocycles. The van der Waals surface area contributed by atoms with Gasteiger partial charge in [-0.1, -0.05) is 13.8 Å². The van der Waals surface area contributed by atoms with E-state index < -0.39 is 0 Å². The molecule has 1 atom stereocenters. The summed E-state index contributed by atoms with van der Waals surface area (Å²) in [6.07, 6.45) is 3.72. The highest BCUT2D eigenvalue weighted by molar-refractivity contribution is 7.15. The van der Waals surface area contributed by atoms with Crippen LogP contribution in [0.25, 0.3) is 0 Å². The quantitative estimate of drug-likeness (QED) is 0.894. The molecule has 0 amide bonds. The number of nitrogens with zero attached hydrogens (tertiary/aromatic N) is 2. The molecular weight excluding hydrogens is 230 g/mol. The minimum atomic E-state index is 0.469. The maximum absolute atomic E-state index is 4.84. The molecule has 1 unspecified atom stereocenters. The summed E-state index contributed by atoms with van der Waals surface area (Å²) in [4.78, 5) is 8.62. The summed E-state index contributed by atoms with van der Waals surface area (Å²) >= 11 is 1.88. The zero-order chi connectivity index (χ0) is 12.4. The van der Waals surface area contributed by atoms with Gasteiger partial charge in [-0.2, -0.15) is 0 Å². The van der Waals surface area contributed by atoms with Crippen LogP contribution in [0.2, 0.25) is 0 Å². The smallest absolute Gasteiger partial charge is 0.185 e. The van der Waals surface area contributed by atoms with Gasteiger partial charge in [-0.15, -0.1) is 11.3 Å².